The van der Waals surface area contributed by atoms with Crippen molar-refractivity contribution in [3.63, 3.8) is 0 Å². The summed E-state index contributed by atoms with van der Waals surface area (Å²) in [6, 6.07) is 5.78. The topological polar surface area (TPSA) is 141 Å². The van der Waals surface area contributed by atoms with Crippen LogP contribution in [0.4, 0.5) is 14.5 Å². The minimum atomic E-state index is -3.08. The molecule has 12 nitrogen and oxygen atoms in total. The fraction of sp³-hybridized carbons (Fsp3) is 0.105. The van der Waals surface area contributed by atoms with Gasteiger partial charge < -0.3 is 10.1 Å². The number of amides is 1. The van der Waals surface area contributed by atoms with Gasteiger partial charge in [-0.1, -0.05) is 16.8 Å². The summed E-state index contributed by atoms with van der Waals surface area (Å²) in [5.41, 5.74) is 1.02. The Morgan fingerprint density at radius 1 is 1.32 bits per heavy atom. The summed E-state index contributed by atoms with van der Waals surface area (Å²) < 4.78 is 33.6. The number of aromatic nitrogens is 9. The van der Waals surface area contributed by atoms with Gasteiger partial charge in [0.2, 0.25) is 0 Å². The molecule has 5 rings (SSSR count). The van der Waals surface area contributed by atoms with Crippen molar-refractivity contribution in [3.8, 4) is 17.0 Å². The average Bonchev–Trinajstić information content (AvgIpc) is 3.55. The van der Waals surface area contributed by atoms with Crippen LogP contribution in [0.15, 0.2) is 49.1 Å². The van der Waals surface area contributed by atoms with Gasteiger partial charge in [-0.15, -0.1) is 10.2 Å². The first-order chi connectivity index (χ1) is 16.5. The maximum atomic E-state index is 13.1. The molecule has 0 aliphatic rings. The van der Waals surface area contributed by atoms with Crippen LogP contribution in [0.25, 0.3) is 16.9 Å². The molecule has 34 heavy (non-hydrogen) atoms. The number of rotatable bonds is 7. The van der Waals surface area contributed by atoms with Crippen molar-refractivity contribution >= 4 is 28.8 Å². The number of carbonyl (C=O) groups excluding carboxylic acids is 1. The molecule has 2 N–H and O–H groups in total. The fourth-order valence-corrected chi connectivity index (χ4v) is 3.42. The third-order valence-electron chi connectivity index (χ3n) is 4.64. The van der Waals surface area contributed by atoms with Crippen LogP contribution in [0, 0.1) is 0 Å². The van der Waals surface area contributed by atoms with E-state index < -0.39 is 12.5 Å². The molecule has 15 heteroatoms. The second-order valence-corrected chi connectivity index (χ2v) is 7.27. The Balaban J connectivity index is 1.57. The monoisotopic (exact) mass is 486 g/mol. The molecule has 5 aromatic rings. The molecule has 0 radical (unpaired) electrons. The summed E-state index contributed by atoms with van der Waals surface area (Å²) in [7, 11) is 0. The standard InChI is InChI=1S/C19H13ClF2N10O2/c20-10-2-3-14(34-19(21)22)11(6-10)16-13(8-31(28-16)9-15-26-29-30-27-15)25-18(33)12-7-24-32-5-1-4-23-17(12)32/h1-8,19H,9H2,(H,25,33)(H,26,27,29,30). The van der Waals surface area contributed by atoms with Crippen LogP contribution in [0.5, 0.6) is 5.75 Å². The van der Waals surface area contributed by atoms with Gasteiger partial charge >= 0.3 is 6.61 Å². The van der Waals surface area contributed by atoms with Crippen molar-refractivity contribution in [1.82, 2.24) is 45.0 Å². The Hall–Kier alpha value is -4.46. The van der Waals surface area contributed by atoms with E-state index in [1.165, 1.54) is 46.0 Å². The Labute approximate surface area is 193 Å². The van der Waals surface area contributed by atoms with Crippen LogP contribution in [-0.2, 0) is 6.54 Å². The van der Waals surface area contributed by atoms with Gasteiger partial charge in [0.1, 0.15) is 23.6 Å². The summed E-state index contributed by atoms with van der Waals surface area (Å²) in [6.45, 7) is -2.99. The molecule has 1 amide bonds. The van der Waals surface area contributed by atoms with Gasteiger partial charge in [-0.2, -0.15) is 24.2 Å². The van der Waals surface area contributed by atoms with E-state index in [4.69, 9.17) is 11.6 Å². The van der Waals surface area contributed by atoms with Crippen molar-refractivity contribution in [3.05, 3.63) is 65.5 Å². The normalized spacial score (nSPS) is 11.3. The maximum Gasteiger partial charge on any atom is 0.387 e. The number of hydrogen-bond acceptors (Lipinski definition) is 8. The second kappa shape index (κ2) is 8.82. The van der Waals surface area contributed by atoms with Gasteiger partial charge in [0.05, 0.1) is 11.9 Å². The van der Waals surface area contributed by atoms with Gasteiger partial charge in [0, 0.05) is 29.2 Å². The lowest BCUT2D eigenvalue weighted by molar-refractivity contribution is -0.0494. The molecular weight excluding hydrogens is 474 g/mol. The van der Waals surface area contributed by atoms with Crippen molar-refractivity contribution in [1.29, 1.82) is 0 Å². The molecule has 0 saturated carbocycles. The van der Waals surface area contributed by atoms with E-state index in [-0.39, 0.29) is 39.8 Å². The number of tetrazole rings is 1. The third kappa shape index (κ3) is 4.25. The van der Waals surface area contributed by atoms with Crippen molar-refractivity contribution in [2.75, 3.05) is 5.32 Å². The van der Waals surface area contributed by atoms with E-state index in [2.05, 4.69) is 45.9 Å². The number of ether oxygens (including phenoxy) is 1. The highest BCUT2D eigenvalue weighted by Gasteiger charge is 2.22. The van der Waals surface area contributed by atoms with Crippen molar-refractivity contribution < 1.29 is 18.3 Å². The summed E-state index contributed by atoms with van der Waals surface area (Å²) in [5.74, 6) is -0.390. The summed E-state index contributed by atoms with van der Waals surface area (Å²) in [4.78, 5) is 17.2. The number of H-pyrrole nitrogens is 1. The number of hydrogen-bond donors (Lipinski definition) is 2. The summed E-state index contributed by atoms with van der Waals surface area (Å²) >= 11 is 6.11. The molecule has 4 heterocycles. The number of benzene rings is 1. The minimum Gasteiger partial charge on any atom is -0.434 e. The predicted molar refractivity (Wildman–Crippen MR) is 114 cm³/mol. The zero-order valence-electron chi connectivity index (χ0n) is 16.9. The summed E-state index contributed by atoms with van der Waals surface area (Å²) in [6.07, 6.45) is 6.04. The fourth-order valence-electron chi connectivity index (χ4n) is 3.25. The number of anilines is 1. The van der Waals surface area contributed by atoms with Crippen molar-refractivity contribution in [2.45, 2.75) is 13.2 Å². The van der Waals surface area contributed by atoms with E-state index in [0.717, 1.165) is 0 Å². The van der Waals surface area contributed by atoms with Crippen LogP contribution < -0.4 is 10.1 Å². The highest BCUT2D eigenvalue weighted by Crippen LogP contribution is 2.37. The first-order valence-electron chi connectivity index (χ1n) is 9.62. The molecule has 0 aliphatic carbocycles. The lowest BCUT2D eigenvalue weighted by Gasteiger charge is -2.11. The zero-order valence-corrected chi connectivity index (χ0v) is 17.7. The molecule has 0 spiro atoms. The second-order valence-electron chi connectivity index (χ2n) is 6.84. The molecule has 0 atom stereocenters. The van der Waals surface area contributed by atoms with Crippen LogP contribution >= 0.6 is 11.6 Å². The zero-order chi connectivity index (χ0) is 23.7. The Kier molecular flexibility index (Phi) is 5.55. The van der Waals surface area contributed by atoms with Gasteiger partial charge in [0.25, 0.3) is 5.91 Å². The largest absolute Gasteiger partial charge is 0.434 e. The molecule has 0 fully saturated rings. The summed E-state index contributed by atoms with van der Waals surface area (Å²) in [5, 5.41) is 25.1. The van der Waals surface area contributed by atoms with E-state index in [9.17, 15) is 13.6 Å². The first-order valence-corrected chi connectivity index (χ1v) is 10.00. The predicted octanol–water partition coefficient (Wildman–Crippen LogP) is 2.66. The number of fused-ring (bicyclic) bond motifs is 1. The molecule has 1 aromatic carbocycles. The number of aromatic amines is 1. The van der Waals surface area contributed by atoms with Crippen LogP contribution in [0.1, 0.15) is 16.2 Å². The molecule has 172 valence electrons. The maximum absolute atomic E-state index is 13.1. The molecule has 0 aliphatic heterocycles. The van der Waals surface area contributed by atoms with Gasteiger partial charge in [0.15, 0.2) is 11.5 Å². The first kappa shape index (κ1) is 21.4. The number of carbonyl (C=O) groups is 1. The number of alkyl halides is 2. The van der Waals surface area contributed by atoms with Crippen LogP contribution in [0.3, 0.4) is 0 Å². The average molecular weight is 487 g/mol. The highest BCUT2D eigenvalue weighted by molar-refractivity contribution is 6.31. The van der Waals surface area contributed by atoms with E-state index in [0.29, 0.717) is 11.5 Å². The number of nitrogens with one attached hydrogen (secondary N) is 2. The highest BCUT2D eigenvalue weighted by atomic mass is 35.5. The Morgan fingerprint density at radius 2 is 2.21 bits per heavy atom. The number of nitrogens with zero attached hydrogens (tertiary/aromatic N) is 8. The van der Waals surface area contributed by atoms with Crippen molar-refractivity contribution in [2.24, 2.45) is 0 Å². The van der Waals surface area contributed by atoms with Gasteiger partial charge in [-0.3, -0.25) is 9.48 Å². The molecule has 0 bridgehead atoms. The molecular formula is C19H13ClF2N10O2. The third-order valence-corrected chi connectivity index (χ3v) is 4.87. The van der Waals surface area contributed by atoms with Crippen LogP contribution in [0.2, 0.25) is 5.02 Å². The number of halogens is 3. The Bertz CT molecular complexity index is 1470. The van der Waals surface area contributed by atoms with E-state index in [1.54, 1.807) is 12.3 Å². The van der Waals surface area contributed by atoms with E-state index >= 15 is 0 Å². The molecule has 0 unspecified atom stereocenters. The quantitative estimate of drug-likeness (QED) is 0.357. The molecule has 0 saturated heterocycles. The molecule has 4 aromatic heterocycles. The van der Waals surface area contributed by atoms with Crippen LogP contribution in [-0.4, -0.2) is 57.5 Å². The smallest absolute Gasteiger partial charge is 0.387 e. The lowest BCUT2D eigenvalue weighted by Crippen LogP contribution is -2.12. The SMILES string of the molecule is O=C(Nc1cn(Cc2nn[nH]n2)nc1-c1cc(Cl)ccc1OC(F)F)c1cnn2cccnc12. The lowest BCUT2D eigenvalue weighted by atomic mass is 10.1. The minimum absolute atomic E-state index is 0.0866. The van der Waals surface area contributed by atoms with Gasteiger partial charge in [-0.25, -0.2) is 9.50 Å². The van der Waals surface area contributed by atoms with E-state index in [1.807, 2.05) is 0 Å². The Morgan fingerprint density at radius 3 is 3.00 bits per heavy atom. The van der Waals surface area contributed by atoms with Gasteiger partial charge in [-0.05, 0) is 24.3 Å².